The quantitative estimate of drug-likeness (QED) is 0.104. The van der Waals surface area contributed by atoms with E-state index >= 15 is 0 Å². The molecule has 0 aromatic heterocycles. The van der Waals surface area contributed by atoms with Crippen LogP contribution in [0.5, 0.6) is 0 Å². The fourth-order valence-electron chi connectivity index (χ4n) is 8.78. The van der Waals surface area contributed by atoms with Crippen LogP contribution >= 0.6 is 18.6 Å². The molecule has 2 nitrogen and oxygen atoms in total. The average molecular weight is 696 g/mol. The number of hydrogen-bond donors (Lipinski definition) is 0. The molecule has 3 aliphatic rings. The molecule has 234 valence electrons. The Morgan fingerprint density at radius 2 is 1.33 bits per heavy atom. The molecule has 0 spiro atoms. The molecule has 0 saturated heterocycles. The number of nitrogens with zero attached hydrogens (tertiary/aromatic N) is 2. The van der Waals surface area contributed by atoms with Gasteiger partial charge < -0.3 is 17.3 Å². The zero-order valence-electron chi connectivity index (χ0n) is 26.9. The predicted octanol–water partition coefficient (Wildman–Crippen LogP) is 13.5. The van der Waals surface area contributed by atoms with Gasteiger partial charge in [0.2, 0.25) is 0 Å². The van der Waals surface area contributed by atoms with Crippen LogP contribution in [0, 0.1) is 25.2 Å². The molecule has 5 aromatic carbocycles. The number of anilines is 2. The number of para-hydroxylation sites is 4. The van der Waals surface area contributed by atoms with Crippen molar-refractivity contribution in [1.82, 2.24) is 0 Å². The van der Waals surface area contributed by atoms with Gasteiger partial charge in [0, 0.05) is 11.4 Å². The number of fused-ring (bicyclic) bond motifs is 5. The summed E-state index contributed by atoms with van der Waals surface area (Å²) in [5.41, 5.74) is 8.36. The van der Waals surface area contributed by atoms with E-state index in [4.69, 9.17) is 23.9 Å². The van der Waals surface area contributed by atoms with Crippen molar-refractivity contribution in [3.8, 4) is 0 Å². The van der Waals surface area contributed by atoms with Gasteiger partial charge in [-0.2, -0.15) is 0 Å². The molecule has 1 heterocycles. The van der Waals surface area contributed by atoms with Crippen LogP contribution in [0.2, 0.25) is 18.6 Å². The zero-order valence-corrected chi connectivity index (χ0v) is 31.0. The van der Waals surface area contributed by atoms with Crippen molar-refractivity contribution in [3.63, 3.8) is 0 Å². The maximum atomic E-state index is 5.09. The predicted molar refractivity (Wildman–Crippen MR) is 201 cm³/mol. The van der Waals surface area contributed by atoms with Crippen LogP contribution in [0.4, 0.5) is 22.7 Å². The molecule has 1 aliphatic heterocycles. The van der Waals surface area contributed by atoms with Crippen LogP contribution in [0.1, 0.15) is 25.3 Å². The molecule has 0 radical (unpaired) electrons. The molecular formula is C40H40Cl2N2SiTi-2. The third-order valence-corrected chi connectivity index (χ3v) is 14.5. The van der Waals surface area contributed by atoms with Gasteiger partial charge in [-0.1, -0.05) is 130 Å². The summed E-state index contributed by atoms with van der Waals surface area (Å²) in [6, 6.07) is 37.9. The summed E-state index contributed by atoms with van der Waals surface area (Å²) in [7, 11) is 7.67. The van der Waals surface area contributed by atoms with Crippen molar-refractivity contribution in [1.29, 1.82) is 0 Å². The van der Waals surface area contributed by atoms with E-state index in [-0.39, 0.29) is 7.43 Å². The second-order valence-corrected chi connectivity index (χ2v) is 20.0. The van der Waals surface area contributed by atoms with E-state index in [1.54, 1.807) is 0 Å². The summed E-state index contributed by atoms with van der Waals surface area (Å²) < 4.78 is 2.76. The van der Waals surface area contributed by atoms with Gasteiger partial charge in [0.1, 0.15) is 0 Å². The van der Waals surface area contributed by atoms with E-state index in [1.807, 2.05) is 0 Å². The normalized spacial score (nSPS) is 21.2. The van der Waals surface area contributed by atoms with E-state index < -0.39 is 25.3 Å². The second kappa shape index (κ2) is 13.7. The van der Waals surface area contributed by atoms with Crippen molar-refractivity contribution < 1.29 is 17.0 Å². The van der Waals surface area contributed by atoms with Crippen molar-refractivity contribution >= 4 is 76.7 Å². The van der Waals surface area contributed by atoms with Crippen LogP contribution in [-0.4, -0.2) is 8.24 Å². The van der Waals surface area contributed by atoms with Crippen LogP contribution in [0.3, 0.4) is 0 Å². The Morgan fingerprint density at radius 3 is 1.89 bits per heavy atom. The molecule has 1 saturated carbocycles. The van der Waals surface area contributed by atoms with Gasteiger partial charge in [0.05, 0.1) is 0 Å². The SMILES string of the molecule is CC[C@@H]1C[C@@H]2C(c3c4ccccc4cc4ccccc34)=CC=C[C@@H]2C1[Si](C)(C)N1c2ccccc2[N-]c2ccccc21.[CH3-].[Cl][Ti][Cl]. The number of allylic oxidation sites excluding steroid dienone is 4. The Bertz CT molecular complexity index is 1840. The van der Waals surface area contributed by atoms with Gasteiger partial charge in [-0.3, -0.25) is 0 Å². The molecule has 2 aliphatic carbocycles. The Kier molecular flexibility index (Phi) is 9.90. The maximum absolute atomic E-state index is 5.09. The monoisotopic (exact) mass is 694 g/mol. The molecule has 0 amide bonds. The van der Waals surface area contributed by atoms with Gasteiger partial charge in [-0.05, 0) is 80.6 Å². The molecule has 8 rings (SSSR count). The van der Waals surface area contributed by atoms with Gasteiger partial charge in [0.25, 0.3) is 0 Å². The molecule has 6 heteroatoms. The first-order valence-corrected chi connectivity index (χ1v) is 23.3. The third kappa shape index (κ3) is 5.59. The summed E-state index contributed by atoms with van der Waals surface area (Å²) >= 11 is -0.556. The van der Waals surface area contributed by atoms with Crippen LogP contribution in [0.25, 0.3) is 32.4 Å². The summed E-state index contributed by atoms with van der Waals surface area (Å²) in [5.74, 6) is 1.71. The number of rotatable bonds is 4. The Labute approximate surface area is 292 Å². The molecule has 5 aromatic rings. The van der Waals surface area contributed by atoms with Crippen molar-refractivity contribution in [2.45, 2.75) is 38.4 Å². The molecule has 0 bridgehead atoms. The molecular weight excluding hydrogens is 655 g/mol. The summed E-state index contributed by atoms with van der Waals surface area (Å²) in [5, 5.41) is 10.5. The Balaban J connectivity index is 0.000000896. The fraction of sp³-hybridized carbons (Fsp3) is 0.225. The number of hydrogen-bond acceptors (Lipinski definition) is 1. The fourth-order valence-corrected chi connectivity index (χ4v) is 13.5. The topological polar surface area (TPSA) is 17.3 Å². The summed E-state index contributed by atoms with van der Waals surface area (Å²) in [6.45, 7) is 7.68. The van der Waals surface area contributed by atoms with Gasteiger partial charge in [0.15, 0.2) is 8.24 Å². The average Bonchev–Trinajstić information content (AvgIpc) is 3.46. The van der Waals surface area contributed by atoms with Crippen molar-refractivity contribution in [3.05, 3.63) is 140 Å². The molecule has 1 unspecified atom stereocenters. The summed E-state index contributed by atoms with van der Waals surface area (Å²) in [6.07, 6.45) is 9.87. The Morgan fingerprint density at radius 1 is 0.804 bits per heavy atom. The van der Waals surface area contributed by atoms with Gasteiger partial charge >= 0.3 is 35.6 Å². The van der Waals surface area contributed by atoms with E-state index in [9.17, 15) is 0 Å². The first kappa shape index (κ1) is 33.1. The minimum absolute atomic E-state index is 0. The van der Waals surface area contributed by atoms with E-state index in [2.05, 4.69) is 146 Å². The molecule has 1 fully saturated rings. The van der Waals surface area contributed by atoms with Gasteiger partial charge in [-0.15, -0.1) is 11.4 Å². The van der Waals surface area contributed by atoms with Crippen molar-refractivity contribution in [2.75, 3.05) is 4.57 Å². The minimum atomic E-state index is -2.11. The molecule has 4 atom stereocenters. The van der Waals surface area contributed by atoms with Crippen LogP contribution in [-0.2, 0) is 17.0 Å². The van der Waals surface area contributed by atoms with E-state index in [1.165, 1.54) is 56.9 Å². The third-order valence-electron chi connectivity index (χ3n) is 10.4. The zero-order chi connectivity index (χ0) is 31.1. The second-order valence-electron chi connectivity index (χ2n) is 13.0. The van der Waals surface area contributed by atoms with Crippen LogP contribution < -0.4 is 4.57 Å². The standard InChI is InChI=1S/C39H37N2Si.CH3.2ClH.Ti/c1-4-26-25-33-31(38-29-16-7-5-14-27(29)24-28-15-6-8-17-30(28)38)18-13-19-32(33)39(26)42(2,3)41-36-22-11-9-20-34(36)40-35-21-10-12-23-37(35)41;;;;/h5-24,26,32-33,39H,4,25H2,1-3H3;1H3;2*1H;/q2*-1;;;+2/p-2/t26-,32+,33-,39?;;;;/m1..../s1. The summed E-state index contributed by atoms with van der Waals surface area (Å²) in [4.78, 5) is 0. The first-order valence-electron chi connectivity index (χ1n) is 15.9. The van der Waals surface area contributed by atoms with Gasteiger partial charge in [-0.25, -0.2) is 0 Å². The Hall–Kier alpha value is -2.79. The van der Waals surface area contributed by atoms with E-state index in [0.717, 1.165) is 11.4 Å². The molecule has 0 N–H and O–H groups in total. The number of benzene rings is 5. The molecule has 46 heavy (non-hydrogen) atoms. The van der Waals surface area contributed by atoms with Crippen LogP contribution in [0.15, 0.2) is 121 Å². The first-order chi connectivity index (χ1) is 22.0. The van der Waals surface area contributed by atoms with Crippen molar-refractivity contribution in [2.24, 2.45) is 17.8 Å². The number of halogens is 2. The van der Waals surface area contributed by atoms with E-state index in [0.29, 0.717) is 23.3 Å².